The summed E-state index contributed by atoms with van der Waals surface area (Å²) in [6.45, 7) is 12.6. The topological polar surface area (TPSA) is 27.7 Å². The fourth-order valence-electron chi connectivity index (χ4n) is 3.03. The Balaban J connectivity index is 1.58. The van der Waals surface area contributed by atoms with Gasteiger partial charge < -0.3 is 15.0 Å². The van der Waals surface area contributed by atoms with Gasteiger partial charge in [-0.2, -0.15) is 0 Å². The molecule has 0 aromatic rings. The second-order valence-electron chi connectivity index (χ2n) is 6.68. The van der Waals surface area contributed by atoms with E-state index in [1.807, 2.05) is 0 Å². The molecule has 4 heteroatoms. The van der Waals surface area contributed by atoms with E-state index in [-0.39, 0.29) is 0 Å². The zero-order valence-corrected chi connectivity index (χ0v) is 13.0. The van der Waals surface area contributed by atoms with Crippen molar-refractivity contribution >= 4 is 0 Å². The molecule has 0 spiro atoms. The molecule has 0 radical (unpaired) electrons. The van der Waals surface area contributed by atoms with Crippen molar-refractivity contribution in [2.24, 2.45) is 0 Å². The van der Waals surface area contributed by atoms with E-state index < -0.39 is 0 Å². The summed E-state index contributed by atoms with van der Waals surface area (Å²) in [6.07, 6.45) is 4.04. The number of nitrogens with zero attached hydrogens (tertiary/aromatic N) is 2. The van der Waals surface area contributed by atoms with E-state index in [9.17, 15) is 0 Å². The summed E-state index contributed by atoms with van der Waals surface area (Å²) in [5, 5.41) is 3.38. The van der Waals surface area contributed by atoms with E-state index in [1.165, 1.54) is 45.4 Å². The van der Waals surface area contributed by atoms with Gasteiger partial charge in [-0.3, -0.25) is 4.90 Å². The predicted molar refractivity (Wildman–Crippen MR) is 79.6 cm³/mol. The largest absolute Gasteiger partial charge is 0.378 e. The van der Waals surface area contributed by atoms with Gasteiger partial charge in [-0.05, 0) is 53.2 Å². The highest BCUT2D eigenvalue weighted by Gasteiger charge is 2.30. The number of nitrogens with one attached hydrogen (secondary N) is 1. The number of rotatable bonds is 5. The zero-order valence-electron chi connectivity index (χ0n) is 13.0. The minimum absolute atomic E-state index is 0.314. The molecular weight excluding hydrogens is 238 g/mol. The third-order valence-corrected chi connectivity index (χ3v) is 4.65. The van der Waals surface area contributed by atoms with Crippen LogP contribution in [0.15, 0.2) is 0 Å². The number of hydrogen-bond donors (Lipinski definition) is 1. The van der Waals surface area contributed by atoms with E-state index in [4.69, 9.17) is 4.74 Å². The number of hydrogen-bond acceptors (Lipinski definition) is 4. The van der Waals surface area contributed by atoms with Gasteiger partial charge in [-0.1, -0.05) is 0 Å². The summed E-state index contributed by atoms with van der Waals surface area (Å²) in [5.41, 5.74) is 0.314. The lowest BCUT2D eigenvalue weighted by molar-refractivity contribution is 0.0124. The molecule has 0 aromatic carbocycles. The molecule has 0 aromatic heterocycles. The number of piperidine rings is 1. The van der Waals surface area contributed by atoms with Gasteiger partial charge in [-0.15, -0.1) is 0 Å². The lowest BCUT2D eigenvalue weighted by Gasteiger charge is -2.45. The number of ether oxygens (including phenoxy) is 1. The predicted octanol–water partition coefficient (Wildman–Crippen LogP) is 1.17. The molecule has 2 rings (SSSR count). The summed E-state index contributed by atoms with van der Waals surface area (Å²) >= 11 is 0. The Morgan fingerprint density at radius 2 is 1.95 bits per heavy atom. The van der Waals surface area contributed by atoms with Crippen molar-refractivity contribution in [2.75, 3.05) is 52.9 Å². The second-order valence-corrected chi connectivity index (χ2v) is 6.68. The van der Waals surface area contributed by atoms with Gasteiger partial charge in [0.2, 0.25) is 0 Å². The Hall–Kier alpha value is -0.160. The van der Waals surface area contributed by atoms with Crippen molar-refractivity contribution in [1.29, 1.82) is 0 Å². The van der Waals surface area contributed by atoms with Crippen molar-refractivity contribution < 1.29 is 4.74 Å². The Morgan fingerprint density at radius 1 is 1.21 bits per heavy atom. The third kappa shape index (κ3) is 4.71. The SMILES string of the molecule is CN1CCN(CCCOC2CCNCC2)CC1(C)C. The van der Waals surface area contributed by atoms with Crippen LogP contribution >= 0.6 is 0 Å². The molecule has 2 heterocycles. The first-order valence-corrected chi connectivity index (χ1v) is 7.84. The third-order valence-electron chi connectivity index (χ3n) is 4.65. The Bertz CT molecular complexity index is 264. The van der Waals surface area contributed by atoms with E-state index in [0.717, 1.165) is 19.7 Å². The van der Waals surface area contributed by atoms with Crippen molar-refractivity contribution in [3.05, 3.63) is 0 Å². The quantitative estimate of drug-likeness (QED) is 0.758. The van der Waals surface area contributed by atoms with E-state index in [1.54, 1.807) is 0 Å². The Labute approximate surface area is 118 Å². The van der Waals surface area contributed by atoms with Crippen LogP contribution in [0.25, 0.3) is 0 Å². The van der Waals surface area contributed by atoms with Crippen molar-refractivity contribution in [2.45, 2.75) is 44.8 Å². The first kappa shape index (κ1) is 15.2. The molecule has 0 amide bonds. The van der Waals surface area contributed by atoms with Gasteiger partial charge in [0.05, 0.1) is 6.10 Å². The molecule has 0 bridgehead atoms. The molecule has 19 heavy (non-hydrogen) atoms. The molecule has 112 valence electrons. The van der Waals surface area contributed by atoms with E-state index >= 15 is 0 Å². The summed E-state index contributed by atoms with van der Waals surface area (Å²) < 4.78 is 5.97. The molecule has 2 aliphatic heterocycles. The molecule has 2 saturated heterocycles. The van der Waals surface area contributed by atoms with Crippen LogP contribution in [0.1, 0.15) is 33.1 Å². The summed E-state index contributed by atoms with van der Waals surface area (Å²) in [4.78, 5) is 5.06. The maximum Gasteiger partial charge on any atom is 0.0599 e. The van der Waals surface area contributed by atoms with Gasteiger partial charge in [-0.25, -0.2) is 0 Å². The standard InChI is InChI=1S/C15H31N3O/c1-15(2)13-18(11-10-17(15)3)9-4-12-19-14-5-7-16-8-6-14/h14,16H,4-13H2,1-3H3. The van der Waals surface area contributed by atoms with Gasteiger partial charge in [0, 0.05) is 38.3 Å². The highest BCUT2D eigenvalue weighted by atomic mass is 16.5. The van der Waals surface area contributed by atoms with Gasteiger partial charge in [0.1, 0.15) is 0 Å². The fraction of sp³-hybridized carbons (Fsp3) is 1.00. The van der Waals surface area contributed by atoms with Crippen molar-refractivity contribution in [1.82, 2.24) is 15.1 Å². The lowest BCUT2D eigenvalue weighted by atomic mass is 10.00. The zero-order chi connectivity index (χ0) is 13.7. The molecular formula is C15H31N3O. The van der Waals surface area contributed by atoms with Crippen LogP contribution in [0.3, 0.4) is 0 Å². The van der Waals surface area contributed by atoms with Gasteiger partial charge in [0.15, 0.2) is 0 Å². The van der Waals surface area contributed by atoms with Gasteiger partial charge in [0.25, 0.3) is 0 Å². The van der Waals surface area contributed by atoms with Crippen LogP contribution in [0.2, 0.25) is 0 Å². The van der Waals surface area contributed by atoms with Crippen LogP contribution in [0.5, 0.6) is 0 Å². The van der Waals surface area contributed by atoms with Crippen LogP contribution in [-0.4, -0.2) is 74.4 Å². The summed E-state index contributed by atoms with van der Waals surface area (Å²) in [7, 11) is 2.23. The van der Waals surface area contributed by atoms with E-state index in [0.29, 0.717) is 11.6 Å². The maximum absolute atomic E-state index is 5.97. The lowest BCUT2D eigenvalue weighted by Crippen LogP contribution is -2.57. The molecule has 0 atom stereocenters. The van der Waals surface area contributed by atoms with Crippen molar-refractivity contribution in [3.63, 3.8) is 0 Å². The van der Waals surface area contributed by atoms with Crippen LogP contribution < -0.4 is 5.32 Å². The molecule has 0 aliphatic carbocycles. The van der Waals surface area contributed by atoms with Crippen LogP contribution in [0.4, 0.5) is 0 Å². The molecule has 2 fully saturated rings. The normalized spacial score (nSPS) is 26.7. The first-order chi connectivity index (χ1) is 9.08. The average Bonchev–Trinajstić information content (AvgIpc) is 2.40. The van der Waals surface area contributed by atoms with Gasteiger partial charge >= 0.3 is 0 Å². The molecule has 0 saturated carbocycles. The minimum atomic E-state index is 0.314. The molecule has 2 aliphatic rings. The molecule has 0 unspecified atom stereocenters. The highest BCUT2D eigenvalue weighted by molar-refractivity contribution is 4.88. The van der Waals surface area contributed by atoms with Crippen LogP contribution in [0, 0.1) is 0 Å². The minimum Gasteiger partial charge on any atom is -0.378 e. The number of piperazine rings is 1. The maximum atomic E-state index is 5.97. The molecule has 4 nitrogen and oxygen atoms in total. The smallest absolute Gasteiger partial charge is 0.0599 e. The van der Waals surface area contributed by atoms with Crippen molar-refractivity contribution in [3.8, 4) is 0 Å². The summed E-state index contributed by atoms with van der Waals surface area (Å²) in [6, 6.07) is 0. The summed E-state index contributed by atoms with van der Waals surface area (Å²) in [5.74, 6) is 0. The Morgan fingerprint density at radius 3 is 2.63 bits per heavy atom. The second kappa shape index (κ2) is 7.02. The highest BCUT2D eigenvalue weighted by Crippen LogP contribution is 2.18. The molecule has 1 N–H and O–H groups in total. The first-order valence-electron chi connectivity index (χ1n) is 7.84. The number of likely N-dealkylation sites (N-methyl/N-ethyl adjacent to an activating group) is 1. The van der Waals surface area contributed by atoms with Crippen LogP contribution in [-0.2, 0) is 4.74 Å². The van der Waals surface area contributed by atoms with E-state index in [2.05, 4.69) is 36.0 Å². The monoisotopic (exact) mass is 269 g/mol. The fourth-order valence-corrected chi connectivity index (χ4v) is 3.03. The average molecular weight is 269 g/mol. The Kier molecular flexibility index (Phi) is 5.63.